The van der Waals surface area contributed by atoms with Crippen LogP contribution in [0, 0.1) is 0 Å². The Hall–Kier alpha value is -3.25. The van der Waals surface area contributed by atoms with Gasteiger partial charge in [-0.05, 0) is 42.0 Å². The number of anilines is 1. The highest BCUT2D eigenvalue weighted by atomic mass is 79.9. The van der Waals surface area contributed by atoms with E-state index in [9.17, 15) is 14.4 Å². The van der Waals surface area contributed by atoms with Crippen molar-refractivity contribution in [2.24, 2.45) is 0 Å². The smallest absolute Gasteiger partial charge is 0.343 e. The van der Waals surface area contributed by atoms with Crippen molar-refractivity contribution in [1.29, 1.82) is 0 Å². The molecule has 0 heterocycles. The van der Waals surface area contributed by atoms with E-state index >= 15 is 0 Å². The number of amides is 1. The maximum absolute atomic E-state index is 12.7. The molecule has 0 aliphatic rings. The van der Waals surface area contributed by atoms with Crippen LogP contribution in [0.4, 0.5) is 5.69 Å². The average molecular weight is 452 g/mol. The first-order valence-electron chi connectivity index (χ1n) is 8.89. The molecule has 5 nitrogen and oxygen atoms in total. The molecule has 3 aromatic carbocycles. The maximum Gasteiger partial charge on any atom is 0.343 e. The summed E-state index contributed by atoms with van der Waals surface area (Å²) in [5.74, 6) is -0.486. The van der Waals surface area contributed by atoms with Crippen molar-refractivity contribution >= 4 is 39.3 Å². The zero-order chi connectivity index (χ0) is 20.8. The molecule has 0 saturated heterocycles. The highest BCUT2D eigenvalue weighted by Crippen LogP contribution is 2.21. The van der Waals surface area contributed by atoms with Gasteiger partial charge < -0.3 is 10.1 Å². The largest absolute Gasteiger partial charge is 0.423 e. The number of ether oxygens (including phenoxy) is 1. The van der Waals surface area contributed by atoms with Crippen LogP contribution in [0.5, 0.6) is 5.75 Å². The maximum atomic E-state index is 12.7. The van der Waals surface area contributed by atoms with Gasteiger partial charge in [-0.25, -0.2) is 4.79 Å². The van der Waals surface area contributed by atoms with Crippen molar-refractivity contribution in [3.05, 3.63) is 94.0 Å². The third kappa shape index (κ3) is 5.39. The summed E-state index contributed by atoms with van der Waals surface area (Å²) in [4.78, 5) is 36.4. The van der Waals surface area contributed by atoms with E-state index in [2.05, 4.69) is 21.2 Å². The predicted octanol–water partition coefficient (Wildman–Crippen LogP) is 5.05. The number of rotatable bonds is 6. The van der Waals surface area contributed by atoms with E-state index in [1.807, 2.05) is 6.07 Å². The van der Waals surface area contributed by atoms with Gasteiger partial charge in [0.25, 0.3) is 0 Å². The molecule has 0 radical (unpaired) electrons. The summed E-state index contributed by atoms with van der Waals surface area (Å²) < 4.78 is 6.15. The number of carbonyl (C=O) groups is 3. The number of halogens is 1. The lowest BCUT2D eigenvalue weighted by Crippen LogP contribution is -2.14. The van der Waals surface area contributed by atoms with Gasteiger partial charge in [-0.1, -0.05) is 52.3 Å². The summed E-state index contributed by atoms with van der Waals surface area (Å²) in [6.07, 6.45) is 0.0787. The quantitative estimate of drug-likeness (QED) is 0.323. The zero-order valence-electron chi connectivity index (χ0n) is 15.6. The van der Waals surface area contributed by atoms with Crippen molar-refractivity contribution in [2.75, 3.05) is 5.32 Å². The molecule has 0 aromatic heterocycles. The standard InChI is InChI=1S/C23H18BrNO4/c1-15(26)25-17-10-12-18(13-11-17)29-23(28)19-7-3-2-6-16(19)14-22(27)20-8-4-5-9-21(20)24/h2-13H,14H2,1H3,(H,25,26). The highest BCUT2D eigenvalue weighted by Gasteiger charge is 2.17. The lowest BCUT2D eigenvalue weighted by atomic mass is 9.99. The Balaban J connectivity index is 1.76. The number of benzene rings is 3. The van der Waals surface area contributed by atoms with Gasteiger partial charge in [-0.2, -0.15) is 0 Å². The second kappa shape index (κ2) is 9.30. The Morgan fingerprint density at radius 3 is 2.14 bits per heavy atom. The van der Waals surface area contributed by atoms with Crippen molar-refractivity contribution in [1.82, 2.24) is 0 Å². The molecule has 3 aromatic rings. The van der Waals surface area contributed by atoms with Crippen LogP contribution in [0.1, 0.15) is 33.2 Å². The second-order valence-corrected chi connectivity index (χ2v) is 7.19. The molecule has 0 aliphatic heterocycles. The summed E-state index contributed by atoms with van der Waals surface area (Å²) in [5.41, 5.74) is 2.09. The molecule has 0 unspecified atom stereocenters. The fourth-order valence-corrected chi connectivity index (χ4v) is 3.31. The minimum atomic E-state index is -0.548. The van der Waals surface area contributed by atoms with Crippen molar-refractivity contribution in [3.63, 3.8) is 0 Å². The Labute approximate surface area is 176 Å². The van der Waals surface area contributed by atoms with Crippen LogP contribution in [0.25, 0.3) is 0 Å². The van der Waals surface area contributed by atoms with Crippen molar-refractivity contribution in [3.8, 4) is 5.75 Å². The molecule has 6 heteroatoms. The third-order valence-corrected chi connectivity index (χ3v) is 4.84. The lowest BCUT2D eigenvalue weighted by molar-refractivity contribution is -0.114. The molecular weight excluding hydrogens is 434 g/mol. The molecule has 0 fully saturated rings. The van der Waals surface area contributed by atoms with Gasteiger partial charge in [0.15, 0.2) is 5.78 Å². The molecule has 146 valence electrons. The Bertz CT molecular complexity index is 1060. The van der Waals surface area contributed by atoms with Gasteiger partial charge in [0, 0.05) is 29.1 Å². The number of Topliss-reactive ketones (excluding diaryl/α,β-unsaturated/α-hetero) is 1. The topological polar surface area (TPSA) is 72.5 Å². The van der Waals surface area contributed by atoms with Gasteiger partial charge in [0.05, 0.1) is 5.56 Å². The van der Waals surface area contributed by atoms with Gasteiger partial charge in [0.1, 0.15) is 5.75 Å². The van der Waals surface area contributed by atoms with E-state index in [1.54, 1.807) is 66.7 Å². The van der Waals surface area contributed by atoms with Crippen molar-refractivity contribution in [2.45, 2.75) is 13.3 Å². The summed E-state index contributed by atoms with van der Waals surface area (Å²) in [5, 5.41) is 2.65. The van der Waals surface area contributed by atoms with Crippen LogP contribution >= 0.6 is 15.9 Å². The minimum absolute atomic E-state index is 0.0787. The molecule has 0 saturated carbocycles. The third-order valence-electron chi connectivity index (χ3n) is 4.15. The second-order valence-electron chi connectivity index (χ2n) is 6.33. The summed E-state index contributed by atoms with van der Waals surface area (Å²) in [6, 6.07) is 20.5. The van der Waals surface area contributed by atoms with Crippen LogP contribution in [-0.2, 0) is 11.2 Å². The minimum Gasteiger partial charge on any atom is -0.423 e. The molecule has 0 atom stereocenters. The van der Waals surface area contributed by atoms with E-state index in [-0.39, 0.29) is 18.1 Å². The molecule has 1 amide bonds. The van der Waals surface area contributed by atoms with Gasteiger partial charge >= 0.3 is 5.97 Å². The first-order valence-corrected chi connectivity index (χ1v) is 9.69. The number of hydrogen-bond donors (Lipinski definition) is 1. The SMILES string of the molecule is CC(=O)Nc1ccc(OC(=O)c2ccccc2CC(=O)c2ccccc2Br)cc1. The number of esters is 1. The van der Waals surface area contributed by atoms with E-state index < -0.39 is 5.97 Å². The number of ketones is 1. The fourth-order valence-electron chi connectivity index (χ4n) is 2.80. The number of nitrogens with one attached hydrogen (secondary N) is 1. The van der Waals surface area contributed by atoms with Crippen LogP contribution in [0.3, 0.4) is 0 Å². The van der Waals surface area contributed by atoms with Gasteiger partial charge in [0.2, 0.25) is 5.91 Å². The summed E-state index contributed by atoms with van der Waals surface area (Å²) in [6.45, 7) is 1.42. The van der Waals surface area contributed by atoms with Crippen LogP contribution in [-0.4, -0.2) is 17.7 Å². The van der Waals surface area contributed by atoms with E-state index in [0.717, 1.165) is 0 Å². The van der Waals surface area contributed by atoms with Crippen LogP contribution in [0.2, 0.25) is 0 Å². The monoisotopic (exact) mass is 451 g/mol. The first-order chi connectivity index (χ1) is 13.9. The Kier molecular flexibility index (Phi) is 6.57. The molecule has 0 bridgehead atoms. The number of hydrogen-bond acceptors (Lipinski definition) is 4. The Morgan fingerprint density at radius 1 is 0.862 bits per heavy atom. The fraction of sp³-hybridized carbons (Fsp3) is 0.0870. The summed E-state index contributed by atoms with van der Waals surface area (Å²) in [7, 11) is 0. The molecular formula is C23H18BrNO4. The van der Waals surface area contributed by atoms with Crippen LogP contribution < -0.4 is 10.1 Å². The predicted molar refractivity (Wildman–Crippen MR) is 114 cm³/mol. The van der Waals surface area contributed by atoms with Gasteiger partial charge in [-0.3, -0.25) is 9.59 Å². The zero-order valence-corrected chi connectivity index (χ0v) is 17.2. The number of carbonyl (C=O) groups excluding carboxylic acids is 3. The van der Waals surface area contributed by atoms with Crippen LogP contribution in [0.15, 0.2) is 77.3 Å². The normalized spacial score (nSPS) is 10.3. The molecule has 29 heavy (non-hydrogen) atoms. The summed E-state index contributed by atoms with van der Waals surface area (Å²) >= 11 is 3.38. The first kappa shape index (κ1) is 20.5. The van der Waals surface area contributed by atoms with Crippen molar-refractivity contribution < 1.29 is 19.1 Å². The molecule has 0 aliphatic carbocycles. The average Bonchev–Trinajstić information content (AvgIpc) is 2.69. The van der Waals surface area contributed by atoms with E-state index in [4.69, 9.17) is 4.74 Å². The van der Waals surface area contributed by atoms with E-state index in [1.165, 1.54) is 6.92 Å². The lowest BCUT2D eigenvalue weighted by Gasteiger charge is -2.10. The highest BCUT2D eigenvalue weighted by molar-refractivity contribution is 9.10. The van der Waals surface area contributed by atoms with Gasteiger partial charge in [-0.15, -0.1) is 0 Å². The molecule has 1 N–H and O–H groups in total. The Morgan fingerprint density at radius 2 is 1.48 bits per heavy atom. The molecule has 3 rings (SSSR count). The van der Waals surface area contributed by atoms with E-state index in [0.29, 0.717) is 32.6 Å². The molecule has 0 spiro atoms.